The molecular weight excluding hydrogens is 262 g/mol. The molecule has 0 aromatic heterocycles. The van der Waals surface area contributed by atoms with Crippen molar-refractivity contribution in [2.75, 3.05) is 5.32 Å². The molecule has 1 aromatic rings. The van der Waals surface area contributed by atoms with Gasteiger partial charge in [0.15, 0.2) is 0 Å². The smallest absolute Gasteiger partial charge is 0.303 e. The maximum absolute atomic E-state index is 11.6. The molecule has 1 unspecified atom stereocenters. The van der Waals surface area contributed by atoms with Crippen LogP contribution in [-0.4, -0.2) is 28.9 Å². The minimum absolute atomic E-state index is 0.0508. The van der Waals surface area contributed by atoms with Crippen LogP contribution in [-0.2, 0) is 20.8 Å². The fourth-order valence-electron chi connectivity index (χ4n) is 1.55. The topological polar surface area (TPSA) is 136 Å². The van der Waals surface area contributed by atoms with E-state index in [0.717, 1.165) is 5.56 Å². The summed E-state index contributed by atoms with van der Waals surface area (Å²) in [5.41, 5.74) is 11.8. The lowest BCUT2D eigenvalue weighted by Gasteiger charge is -2.11. The van der Waals surface area contributed by atoms with Crippen LogP contribution in [0.3, 0.4) is 0 Å². The molecule has 1 atom stereocenters. The van der Waals surface area contributed by atoms with E-state index < -0.39 is 23.8 Å². The first-order valence-corrected chi connectivity index (χ1v) is 6.04. The van der Waals surface area contributed by atoms with Crippen molar-refractivity contribution in [2.45, 2.75) is 25.3 Å². The van der Waals surface area contributed by atoms with Gasteiger partial charge in [-0.05, 0) is 24.1 Å². The molecule has 7 nitrogen and oxygen atoms in total. The van der Waals surface area contributed by atoms with E-state index in [2.05, 4.69) is 5.32 Å². The van der Waals surface area contributed by atoms with Gasteiger partial charge < -0.3 is 21.9 Å². The first-order chi connectivity index (χ1) is 9.38. The average Bonchev–Trinajstić information content (AvgIpc) is 2.37. The number of aliphatic carboxylic acids is 1. The van der Waals surface area contributed by atoms with Crippen molar-refractivity contribution in [2.24, 2.45) is 11.5 Å². The lowest BCUT2D eigenvalue weighted by atomic mass is 10.1. The maximum atomic E-state index is 11.6. The van der Waals surface area contributed by atoms with E-state index >= 15 is 0 Å². The standard InChI is InChI=1S/C13H17N3O4/c14-10(7-11(15)17)13(20)16-9-4-1-8(2-5-9)3-6-12(18)19/h1-2,4-5,10H,3,6-7,14H2,(H2,15,17)(H,16,20)(H,18,19). The number of hydrogen-bond acceptors (Lipinski definition) is 4. The van der Waals surface area contributed by atoms with Crippen LogP contribution in [0.15, 0.2) is 24.3 Å². The summed E-state index contributed by atoms with van der Waals surface area (Å²) in [5.74, 6) is -2.00. The van der Waals surface area contributed by atoms with Gasteiger partial charge in [0.25, 0.3) is 0 Å². The molecule has 1 rings (SSSR count). The lowest BCUT2D eigenvalue weighted by Crippen LogP contribution is -2.38. The average molecular weight is 279 g/mol. The van der Waals surface area contributed by atoms with E-state index in [1.54, 1.807) is 24.3 Å². The molecule has 0 aliphatic heterocycles. The minimum Gasteiger partial charge on any atom is -0.481 e. The maximum Gasteiger partial charge on any atom is 0.303 e. The zero-order chi connectivity index (χ0) is 15.1. The molecule has 0 saturated heterocycles. The fourth-order valence-corrected chi connectivity index (χ4v) is 1.55. The molecule has 0 spiro atoms. The van der Waals surface area contributed by atoms with Gasteiger partial charge in [-0.15, -0.1) is 0 Å². The van der Waals surface area contributed by atoms with E-state index in [1.807, 2.05) is 0 Å². The van der Waals surface area contributed by atoms with Crippen molar-refractivity contribution in [3.8, 4) is 0 Å². The Bertz CT molecular complexity index is 499. The third-order valence-electron chi connectivity index (χ3n) is 2.61. The number of carbonyl (C=O) groups excluding carboxylic acids is 2. The molecule has 7 heteroatoms. The summed E-state index contributed by atoms with van der Waals surface area (Å²) < 4.78 is 0. The quantitative estimate of drug-likeness (QED) is 0.550. The van der Waals surface area contributed by atoms with Gasteiger partial charge in [-0.3, -0.25) is 14.4 Å². The monoisotopic (exact) mass is 279 g/mol. The van der Waals surface area contributed by atoms with Crippen LogP contribution < -0.4 is 16.8 Å². The molecular formula is C13H17N3O4. The number of rotatable bonds is 7. The van der Waals surface area contributed by atoms with Crippen molar-refractivity contribution >= 4 is 23.5 Å². The molecule has 0 radical (unpaired) electrons. The summed E-state index contributed by atoms with van der Waals surface area (Å²) >= 11 is 0. The van der Waals surface area contributed by atoms with E-state index in [1.165, 1.54) is 0 Å². The number of nitrogens with two attached hydrogens (primary N) is 2. The van der Waals surface area contributed by atoms with Gasteiger partial charge >= 0.3 is 5.97 Å². The SMILES string of the molecule is NC(=O)CC(N)C(=O)Nc1ccc(CCC(=O)O)cc1. The molecule has 20 heavy (non-hydrogen) atoms. The van der Waals surface area contributed by atoms with Gasteiger partial charge in [-0.1, -0.05) is 12.1 Å². The number of primary amides is 1. The number of anilines is 1. The van der Waals surface area contributed by atoms with Gasteiger partial charge in [0, 0.05) is 12.1 Å². The predicted octanol–water partition coefficient (Wildman–Crippen LogP) is -0.155. The van der Waals surface area contributed by atoms with Gasteiger partial charge in [0.2, 0.25) is 11.8 Å². The van der Waals surface area contributed by atoms with Crippen LogP contribution in [0.2, 0.25) is 0 Å². The Kier molecular flexibility index (Phi) is 5.67. The van der Waals surface area contributed by atoms with E-state index in [9.17, 15) is 14.4 Å². The number of carboxylic acid groups (broad SMARTS) is 1. The normalized spacial score (nSPS) is 11.7. The molecule has 6 N–H and O–H groups in total. The molecule has 0 aliphatic rings. The number of aryl methyl sites for hydroxylation is 1. The Labute approximate surface area is 115 Å². The van der Waals surface area contributed by atoms with Crippen LogP contribution in [0.4, 0.5) is 5.69 Å². The molecule has 1 aromatic carbocycles. The van der Waals surface area contributed by atoms with Crippen molar-refractivity contribution < 1.29 is 19.5 Å². The number of benzene rings is 1. The molecule has 0 heterocycles. The molecule has 0 aliphatic carbocycles. The van der Waals surface area contributed by atoms with Crippen molar-refractivity contribution in [3.05, 3.63) is 29.8 Å². The van der Waals surface area contributed by atoms with Crippen LogP contribution >= 0.6 is 0 Å². The highest BCUT2D eigenvalue weighted by Crippen LogP contribution is 2.11. The largest absolute Gasteiger partial charge is 0.481 e. The highest BCUT2D eigenvalue weighted by atomic mass is 16.4. The minimum atomic E-state index is -0.987. The molecule has 108 valence electrons. The number of hydrogen-bond donors (Lipinski definition) is 4. The zero-order valence-electron chi connectivity index (χ0n) is 10.8. The Morgan fingerprint density at radius 1 is 1.20 bits per heavy atom. The number of amides is 2. The van der Waals surface area contributed by atoms with E-state index in [0.29, 0.717) is 12.1 Å². The van der Waals surface area contributed by atoms with Gasteiger partial charge in [0.1, 0.15) is 0 Å². The highest BCUT2D eigenvalue weighted by molar-refractivity contribution is 5.97. The predicted molar refractivity (Wildman–Crippen MR) is 72.8 cm³/mol. The molecule has 2 amide bonds. The van der Waals surface area contributed by atoms with Gasteiger partial charge in [-0.25, -0.2) is 0 Å². The van der Waals surface area contributed by atoms with Crippen LogP contribution in [0.25, 0.3) is 0 Å². The van der Waals surface area contributed by atoms with E-state index in [4.69, 9.17) is 16.6 Å². The summed E-state index contributed by atoms with van der Waals surface area (Å²) in [5, 5.41) is 11.1. The van der Waals surface area contributed by atoms with Gasteiger partial charge in [-0.2, -0.15) is 0 Å². The Morgan fingerprint density at radius 2 is 1.80 bits per heavy atom. The summed E-state index contributed by atoms with van der Waals surface area (Å²) in [7, 11) is 0. The zero-order valence-corrected chi connectivity index (χ0v) is 10.8. The third kappa shape index (κ3) is 5.49. The Hall–Kier alpha value is -2.41. The summed E-state index contributed by atoms with van der Waals surface area (Å²) in [4.78, 5) is 32.7. The molecule has 0 bridgehead atoms. The van der Waals surface area contributed by atoms with Crippen molar-refractivity contribution in [1.82, 2.24) is 0 Å². The van der Waals surface area contributed by atoms with Gasteiger partial charge in [0.05, 0.1) is 12.5 Å². The number of carboxylic acids is 1. The fraction of sp³-hybridized carbons (Fsp3) is 0.308. The highest BCUT2D eigenvalue weighted by Gasteiger charge is 2.15. The molecule has 0 saturated carbocycles. The number of nitrogens with one attached hydrogen (secondary N) is 1. The summed E-state index contributed by atoms with van der Waals surface area (Å²) in [6, 6.07) is 5.74. The summed E-state index contributed by atoms with van der Waals surface area (Å²) in [6.07, 6.45) is 0.252. The third-order valence-corrected chi connectivity index (χ3v) is 2.61. The second-order valence-electron chi connectivity index (χ2n) is 4.36. The van der Waals surface area contributed by atoms with Crippen molar-refractivity contribution in [1.29, 1.82) is 0 Å². The lowest BCUT2D eigenvalue weighted by molar-refractivity contribution is -0.137. The van der Waals surface area contributed by atoms with Crippen molar-refractivity contribution in [3.63, 3.8) is 0 Å². The second-order valence-corrected chi connectivity index (χ2v) is 4.36. The first-order valence-electron chi connectivity index (χ1n) is 6.04. The summed E-state index contributed by atoms with van der Waals surface area (Å²) in [6.45, 7) is 0. The van der Waals surface area contributed by atoms with Crippen LogP contribution in [0.5, 0.6) is 0 Å². The van der Waals surface area contributed by atoms with Crippen LogP contribution in [0, 0.1) is 0 Å². The second kappa shape index (κ2) is 7.25. The Morgan fingerprint density at radius 3 is 2.30 bits per heavy atom. The van der Waals surface area contributed by atoms with E-state index in [-0.39, 0.29) is 12.8 Å². The Balaban J connectivity index is 2.54. The number of carbonyl (C=O) groups is 3. The van der Waals surface area contributed by atoms with Crippen LogP contribution in [0.1, 0.15) is 18.4 Å². The molecule has 0 fully saturated rings. The first kappa shape index (κ1) is 15.6.